The number of amides is 2. The zero-order valence-corrected chi connectivity index (χ0v) is 16.6. The van der Waals surface area contributed by atoms with Crippen molar-refractivity contribution in [1.82, 2.24) is 0 Å². The van der Waals surface area contributed by atoms with Crippen molar-refractivity contribution in [2.45, 2.75) is 32.5 Å². The predicted molar refractivity (Wildman–Crippen MR) is 108 cm³/mol. The molecule has 1 aliphatic rings. The van der Waals surface area contributed by atoms with Gasteiger partial charge in [-0.15, -0.1) is 0 Å². The molecule has 1 atom stereocenters. The molecule has 31 heavy (non-hydrogen) atoms. The molecule has 2 N–H and O–H groups in total. The SMILES string of the molecule is CC(=O)N1CCc2cc(N[C@@H](C)C(=O)Nc3ccc([N+](=O)[O-])cc3C(F)(F)F)ccc21. The van der Waals surface area contributed by atoms with Crippen molar-refractivity contribution in [1.29, 1.82) is 0 Å². The average Bonchev–Trinajstić information content (AvgIpc) is 3.10. The molecule has 0 fully saturated rings. The predicted octanol–water partition coefficient (Wildman–Crippen LogP) is 3.96. The van der Waals surface area contributed by atoms with Crippen LogP contribution in [0.15, 0.2) is 36.4 Å². The summed E-state index contributed by atoms with van der Waals surface area (Å²) in [4.78, 5) is 35.6. The van der Waals surface area contributed by atoms with E-state index in [-0.39, 0.29) is 5.91 Å². The minimum atomic E-state index is -4.88. The van der Waals surface area contributed by atoms with E-state index in [4.69, 9.17) is 0 Å². The number of nitrogens with zero attached hydrogens (tertiary/aromatic N) is 2. The number of rotatable bonds is 5. The van der Waals surface area contributed by atoms with Crippen LogP contribution in [-0.2, 0) is 22.2 Å². The summed E-state index contributed by atoms with van der Waals surface area (Å²) < 4.78 is 39.9. The number of non-ortho nitro benzene ring substituents is 1. The van der Waals surface area contributed by atoms with Crippen LogP contribution < -0.4 is 15.5 Å². The lowest BCUT2D eigenvalue weighted by Crippen LogP contribution is -2.32. The Balaban J connectivity index is 1.75. The summed E-state index contributed by atoms with van der Waals surface area (Å²) in [5.74, 6) is -0.819. The zero-order chi connectivity index (χ0) is 22.9. The highest BCUT2D eigenvalue weighted by Gasteiger charge is 2.36. The standard InChI is InChI=1S/C20H19F3N4O4/c1-11(24-14-3-6-18-13(9-14)7-8-26(18)12(2)28)19(29)25-17-5-4-15(27(30)31)10-16(17)20(21,22)23/h3-6,9-11,24H,7-8H2,1-2H3,(H,25,29)/t11-/m0/s1. The first kappa shape index (κ1) is 22.1. The maximum absolute atomic E-state index is 13.3. The highest BCUT2D eigenvalue weighted by Crippen LogP contribution is 2.37. The number of hydrogen-bond donors (Lipinski definition) is 2. The van der Waals surface area contributed by atoms with E-state index in [1.165, 1.54) is 13.8 Å². The van der Waals surface area contributed by atoms with E-state index in [0.717, 1.165) is 23.4 Å². The topological polar surface area (TPSA) is 105 Å². The fraction of sp³-hybridized carbons (Fsp3) is 0.300. The van der Waals surface area contributed by atoms with Gasteiger partial charge in [0.05, 0.1) is 16.2 Å². The van der Waals surface area contributed by atoms with Gasteiger partial charge < -0.3 is 15.5 Å². The third-order valence-corrected chi connectivity index (χ3v) is 4.91. The molecular formula is C20H19F3N4O4. The molecule has 1 aliphatic heterocycles. The van der Waals surface area contributed by atoms with E-state index in [2.05, 4.69) is 10.6 Å². The smallest absolute Gasteiger partial charge is 0.374 e. The van der Waals surface area contributed by atoms with Gasteiger partial charge in [-0.25, -0.2) is 0 Å². The minimum Gasteiger partial charge on any atom is -0.374 e. The number of nitrogens with one attached hydrogen (secondary N) is 2. The van der Waals surface area contributed by atoms with Gasteiger partial charge in [0.1, 0.15) is 6.04 Å². The monoisotopic (exact) mass is 436 g/mol. The second-order valence-corrected chi connectivity index (χ2v) is 7.10. The van der Waals surface area contributed by atoms with Crippen molar-refractivity contribution >= 4 is 34.6 Å². The Morgan fingerprint density at radius 2 is 1.90 bits per heavy atom. The molecule has 0 unspecified atom stereocenters. The fourth-order valence-electron chi connectivity index (χ4n) is 3.36. The number of hydrogen-bond acceptors (Lipinski definition) is 5. The van der Waals surface area contributed by atoms with Crippen LogP contribution in [0, 0.1) is 10.1 Å². The average molecular weight is 436 g/mol. The van der Waals surface area contributed by atoms with E-state index in [0.29, 0.717) is 24.7 Å². The maximum Gasteiger partial charge on any atom is 0.418 e. The summed E-state index contributed by atoms with van der Waals surface area (Å²) in [6.45, 7) is 3.51. The first-order valence-electron chi connectivity index (χ1n) is 9.31. The normalized spacial score (nSPS) is 14.0. The molecular weight excluding hydrogens is 417 g/mol. The number of alkyl halides is 3. The minimum absolute atomic E-state index is 0.0734. The number of fused-ring (bicyclic) bond motifs is 1. The van der Waals surface area contributed by atoms with Crippen LogP contribution in [0.5, 0.6) is 0 Å². The third-order valence-electron chi connectivity index (χ3n) is 4.91. The van der Waals surface area contributed by atoms with Gasteiger partial charge >= 0.3 is 6.18 Å². The Morgan fingerprint density at radius 3 is 2.52 bits per heavy atom. The van der Waals surface area contributed by atoms with Crippen LogP contribution >= 0.6 is 0 Å². The van der Waals surface area contributed by atoms with E-state index < -0.39 is 40.0 Å². The molecule has 3 rings (SSSR count). The van der Waals surface area contributed by atoms with Crippen molar-refractivity contribution in [2.24, 2.45) is 0 Å². The summed E-state index contributed by atoms with van der Waals surface area (Å²) in [7, 11) is 0. The van der Waals surface area contributed by atoms with Crippen molar-refractivity contribution < 1.29 is 27.7 Å². The maximum atomic E-state index is 13.3. The van der Waals surface area contributed by atoms with Crippen molar-refractivity contribution in [3.05, 3.63) is 57.6 Å². The quantitative estimate of drug-likeness (QED) is 0.545. The number of benzene rings is 2. The zero-order valence-electron chi connectivity index (χ0n) is 16.6. The molecule has 8 nitrogen and oxygen atoms in total. The third kappa shape index (κ3) is 4.76. The molecule has 11 heteroatoms. The van der Waals surface area contributed by atoms with Crippen LogP contribution in [0.25, 0.3) is 0 Å². The fourth-order valence-corrected chi connectivity index (χ4v) is 3.36. The molecule has 0 bridgehead atoms. The molecule has 0 saturated carbocycles. The molecule has 0 aliphatic carbocycles. The largest absolute Gasteiger partial charge is 0.418 e. The van der Waals surface area contributed by atoms with Crippen LogP contribution in [0.1, 0.15) is 25.0 Å². The molecule has 2 amide bonds. The lowest BCUT2D eigenvalue weighted by atomic mass is 10.1. The van der Waals surface area contributed by atoms with Gasteiger partial charge in [0, 0.05) is 37.0 Å². The number of carbonyl (C=O) groups is 2. The Morgan fingerprint density at radius 1 is 1.19 bits per heavy atom. The summed E-state index contributed by atoms with van der Waals surface area (Å²) in [5, 5.41) is 15.9. The number of halogens is 3. The second-order valence-electron chi connectivity index (χ2n) is 7.10. The van der Waals surface area contributed by atoms with Crippen molar-refractivity contribution in [3.63, 3.8) is 0 Å². The summed E-state index contributed by atoms with van der Waals surface area (Å²) in [6.07, 6.45) is -4.23. The molecule has 164 valence electrons. The Labute approximate surface area is 175 Å². The molecule has 2 aromatic rings. The first-order chi connectivity index (χ1) is 14.5. The number of nitro benzene ring substituents is 1. The first-order valence-corrected chi connectivity index (χ1v) is 9.31. The second kappa shape index (κ2) is 8.25. The molecule has 0 saturated heterocycles. The highest BCUT2D eigenvalue weighted by atomic mass is 19.4. The summed E-state index contributed by atoms with van der Waals surface area (Å²) in [5.41, 5.74) is -0.314. The lowest BCUT2D eigenvalue weighted by molar-refractivity contribution is -0.385. The Hall–Kier alpha value is -3.63. The van der Waals surface area contributed by atoms with Crippen LogP contribution in [0.4, 0.5) is 35.9 Å². The van der Waals surface area contributed by atoms with Gasteiger partial charge in [-0.3, -0.25) is 19.7 Å². The van der Waals surface area contributed by atoms with Crippen LogP contribution in [0.3, 0.4) is 0 Å². The summed E-state index contributed by atoms with van der Waals surface area (Å²) >= 11 is 0. The van der Waals surface area contributed by atoms with Gasteiger partial charge in [-0.05, 0) is 43.2 Å². The van der Waals surface area contributed by atoms with Gasteiger partial charge in [0.2, 0.25) is 11.8 Å². The lowest BCUT2D eigenvalue weighted by Gasteiger charge is -2.19. The van der Waals surface area contributed by atoms with E-state index in [9.17, 15) is 32.9 Å². The van der Waals surface area contributed by atoms with Gasteiger partial charge in [-0.2, -0.15) is 13.2 Å². The Kier molecular flexibility index (Phi) is 5.87. The molecule has 0 spiro atoms. The van der Waals surface area contributed by atoms with E-state index in [1.54, 1.807) is 23.1 Å². The summed E-state index contributed by atoms with van der Waals surface area (Å²) in [6, 6.07) is 6.44. The highest BCUT2D eigenvalue weighted by molar-refractivity contribution is 5.97. The molecule has 2 aromatic carbocycles. The number of anilines is 3. The van der Waals surface area contributed by atoms with Gasteiger partial charge in [0.25, 0.3) is 5.69 Å². The van der Waals surface area contributed by atoms with Crippen LogP contribution in [-0.4, -0.2) is 29.3 Å². The molecule has 0 radical (unpaired) electrons. The van der Waals surface area contributed by atoms with Gasteiger partial charge in [-0.1, -0.05) is 0 Å². The number of carbonyl (C=O) groups excluding carboxylic acids is 2. The molecule has 0 aromatic heterocycles. The Bertz CT molecular complexity index is 1060. The van der Waals surface area contributed by atoms with Crippen molar-refractivity contribution in [2.75, 3.05) is 22.1 Å². The molecule has 1 heterocycles. The van der Waals surface area contributed by atoms with Crippen LogP contribution in [0.2, 0.25) is 0 Å². The van der Waals surface area contributed by atoms with Crippen molar-refractivity contribution in [3.8, 4) is 0 Å². The van der Waals surface area contributed by atoms with E-state index in [1.807, 2.05) is 0 Å². The van der Waals surface area contributed by atoms with E-state index >= 15 is 0 Å². The van der Waals surface area contributed by atoms with Gasteiger partial charge in [0.15, 0.2) is 0 Å². The number of nitro groups is 1.